The highest BCUT2D eigenvalue weighted by molar-refractivity contribution is 7.20. The Bertz CT molecular complexity index is 1040. The van der Waals surface area contributed by atoms with Crippen molar-refractivity contribution in [1.82, 2.24) is 4.98 Å². The summed E-state index contributed by atoms with van der Waals surface area (Å²) in [6, 6.07) is 9.34. The Morgan fingerprint density at radius 3 is 2.58 bits per heavy atom. The number of unbranched alkanes of at least 4 members (excludes halogenated alkanes) is 5. The van der Waals surface area contributed by atoms with E-state index in [-0.39, 0.29) is 28.7 Å². The number of carbonyl (C=O) groups excluding carboxylic acids is 1. The van der Waals surface area contributed by atoms with E-state index in [1.54, 1.807) is 0 Å². The number of ether oxygens (including phenoxy) is 3. The van der Waals surface area contributed by atoms with Crippen molar-refractivity contribution in [1.29, 1.82) is 0 Å². The summed E-state index contributed by atoms with van der Waals surface area (Å²) in [5.74, 6) is -0.473. The van der Waals surface area contributed by atoms with Crippen molar-refractivity contribution in [3.63, 3.8) is 0 Å². The summed E-state index contributed by atoms with van der Waals surface area (Å²) in [5.41, 5.74) is 0.206. The summed E-state index contributed by atoms with van der Waals surface area (Å²) in [6.07, 6.45) is 6.63. The molecular weight excluding hydrogens is 418 g/mol. The Balaban J connectivity index is 1.68. The van der Waals surface area contributed by atoms with Gasteiger partial charge in [-0.1, -0.05) is 69.4 Å². The second-order valence-corrected chi connectivity index (χ2v) is 8.09. The van der Waals surface area contributed by atoms with Crippen molar-refractivity contribution < 1.29 is 23.4 Å². The van der Waals surface area contributed by atoms with Crippen LogP contribution in [0.4, 0.5) is 0 Å². The van der Waals surface area contributed by atoms with Crippen LogP contribution in [-0.2, 0) is 11.3 Å². The van der Waals surface area contributed by atoms with Crippen LogP contribution in [0.2, 0.25) is 0 Å². The van der Waals surface area contributed by atoms with Crippen LogP contribution in [0.3, 0.4) is 0 Å². The lowest BCUT2D eigenvalue weighted by molar-refractivity contribution is 0.0475. The predicted molar refractivity (Wildman–Crippen MR) is 119 cm³/mol. The molecule has 0 fully saturated rings. The lowest BCUT2D eigenvalue weighted by Gasteiger charge is -2.05. The van der Waals surface area contributed by atoms with Crippen LogP contribution in [0.25, 0.3) is 10.2 Å². The number of thiophene rings is 1. The molecule has 1 aromatic carbocycles. The molecule has 0 saturated heterocycles. The minimum atomic E-state index is -0.654. The normalized spacial score (nSPS) is 10.9. The van der Waals surface area contributed by atoms with E-state index >= 15 is 0 Å². The SMILES string of the molecule is CCCCCCCCOc1nc2sc(C(=O)OCc3ccccc3)c(OC)c2c(=O)o1. The van der Waals surface area contributed by atoms with Crippen LogP contribution in [0.5, 0.6) is 11.8 Å². The van der Waals surface area contributed by atoms with Gasteiger partial charge in [0.05, 0.1) is 13.7 Å². The molecule has 0 N–H and O–H groups in total. The highest BCUT2D eigenvalue weighted by atomic mass is 32.1. The Morgan fingerprint density at radius 2 is 1.84 bits per heavy atom. The molecule has 0 amide bonds. The van der Waals surface area contributed by atoms with Gasteiger partial charge in [0, 0.05) is 0 Å². The Kier molecular flexibility index (Phi) is 8.46. The molecule has 2 heterocycles. The first-order valence-corrected chi connectivity index (χ1v) is 11.3. The van der Waals surface area contributed by atoms with E-state index < -0.39 is 11.6 Å². The van der Waals surface area contributed by atoms with Crippen molar-refractivity contribution in [2.24, 2.45) is 0 Å². The first kappa shape index (κ1) is 22.8. The summed E-state index contributed by atoms with van der Waals surface area (Å²) in [4.78, 5) is 29.8. The van der Waals surface area contributed by atoms with E-state index in [0.717, 1.165) is 36.2 Å². The number of hydrogen-bond acceptors (Lipinski definition) is 8. The zero-order chi connectivity index (χ0) is 22.1. The van der Waals surface area contributed by atoms with E-state index in [9.17, 15) is 9.59 Å². The van der Waals surface area contributed by atoms with Gasteiger partial charge in [0.15, 0.2) is 10.6 Å². The van der Waals surface area contributed by atoms with Gasteiger partial charge in [0.25, 0.3) is 0 Å². The van der Waals surface area contributed by atoms with Gasteiger partial charge < -0.3 is 18.6 Å². The summed E-state index contributed by atoms with van der Waals surface area (Å²) >= 11 is 1.02. The first-order valence-electron chi connectivity index (χ1n) is 10.5. The van der Waals surface area contributed by atoms with Crippen molar-refractivity contribution >= 4 is 27.5 Å². The van der Waals surface area contributed by atoms with Crippen LogP contribution in [0.15, 0.2) is 39.5 Å². The van der Waals surface area contributed by atoms with Crippen molar-refractivity contribution in [3.05, 3.63) is 51.2 Å². The molecular formula is C23H27NO6S. The fourth-order valence-corrected chi connectivity index (χ4v) is 4.13. The first-order chi connectivity index (χ1) is 15.1. The lowest BCUT2D eigenvalue weighted by atomic mass is 10.1. The second-order valence-electron chi connectivity index (χ2n) is 7.09. The topological polar surface area (TPSA) is 87.9 Å². The quantitative estimate of drug-likeness (QED) is 0.274. The van der Waals surface area contributed by atoms with E-state index in [0.29, 0.717) is 11.4 Å². The van der Waals surface area contributed by atoms with Crippen molar-refractivity contribution in [3.8, 4) is 11.8 Å². The molecule has 0 aliphatic heterocycles. The minimum Gasteiger partial charge on any atom is -0.494 e. The molecule has 0 bridgehead atoms. The van der Waals surface area contributed by atoms with Gasteiger partial charge in [-0.3, -0.25) is 0 Å². The molecule has 0 radical (unpaired) electrons. The smallest absolute Gasteiger partial charge is 0.397 e. The van der Waals surface area contributed by atoms with Gasteiger partial charge in [-0.25, -0.2) is 9.59 Å². The van der Waals surface area contributed by atoms with E-state index in [2.05, 4.69) is 11.9 Å². The molecule has 2 aromatic heterocycles. The van der Waals surface area contributed by atoms with Crippen LogP contribution in [0, 0.1) is 0 Å². The zero-order valence-corrected chi connectivity index (χ0v) is 18.7. The number of esters is 1. The molecule has 3 rings (SSSR count). The van der Waals surface area contributed by atoms with Crippen LogP contribution in [-0.4, -0.2) is 24.7 Å². The summed E-state index contributed by atoms with van der Waals surface area (Å²) in [5, 5.41) is 0.117. The highest BCUT2D eigenvalue weighted by Crippen LogP contribution is 2.36. The Labute approximate surface area is 185 Å². The third kappa shape index (κ3) is 6.07. The lowest BCUT2D eigenvalue weighted by Crippen LogP contribution is -2.07. The minimum absolute atomic E-state index is 0.0980. The molecule has 8 heteroatoms. The number of benzene rings is 1. The molecule has 31 heavy (non-hydrogen) atoms. The fourth-order valence-electron chi connectivity index (χ4n) is 3.12. The molecule has 0 aliphatic carbocycles. The number of hydrogen-bond donors (Lipinski definition) is 0. The highest BCUT2D eigenvalue weighted by Gasteiger charge is 2.25. The average Bonchev–Trinajstić information content (AvgIpc) is 3.17. The van der Waals surface area contributed by atoms with Gasteiger partial charge in [-0.2, -0.15) is 4.98 Å². The van der Waals surface area contributed by atoms with Gasteiger partial charge in [0.1, 0.15) is 16.8 Å². The maximum Gasteiger partial charge on any atom is 0.397 e. The molecule has 0 unspecified atom stereocenters. The monoisotopic (exact) mass is 445 g/mol. The molecule has 0 saturated carbocycles. The third-order valence-corrected chi connectivity index (χ3v) is 5.79. The maximum atomic E-state index is 12.6. The van der Waals surface area contributed by atoms with E-state index in [4.69, 9.17) is 18.6 Å². The number of nitrogens with zero attached hydrogens (tertiary/aromatic N) is 1. The van der Waals surface area contributed by atoms with Crippen LogP contribution in [0.1, 0.15) is 60.7 Å². The second kappa shape index (κ2) is 11.5. The number of carbonyl (C=O) groups is 1. The van der Waals surface area contributed by atoms with Crippen molar-refractivity contribution in [2.75, 3.05) is 13.7 Å². The zero-order valence-electron chi connectivity index (χ0n) is 17.8. The summed E-state index contributed by atoms with van der Waals surface area (Å²) in [7, 11) is 1.39. The maximum absolute atomic E-state index is 12.6. The molecule has 0 aliphatic rings. The molecule has 3 aromatic rings. The van der Waals surface area contributed by atoms with Gasteiger partial charge >= 0.3 is 17.7 Å². The predicted octanol–water partition coefficient (Wildman–Crippen LogP) is 5.35. The number of aromatic nitrogens is 1. The standard InChI is InChI=1S/C23H27NO6S/c1-3-4-5-6-7-11-14-28-23-24-20-17(21(25)30-23)18(27-2)19(31-20)22(26)29-15-16-12-9-8-10-13-16/h8-10,12-13H,3-7,11,14-15H2,1-2H3. The van der Waals surface area contributed by atoms with Crippen molar-refractivity contribution in [2.45, 2.75) is 52.1 Å². The van der Waals surface area contributed by atoms with Gasteiger partial charge in [-0.05, 0) is 12.0 Å². The average molecular weight is 446 g/mol. The third-order valence-electron chi connectivity index (χ3n) is 4.75. The summed E-state index contributed by atoms with van der Waals surface area (Å²) < 4.78 is 21.4. The number of fused-ring (bicyclic) bond motifs is 1. The number of methoxy groups -OCH3 is 1. The molecule has 7 nitrogen and oxygen atoms in total. The van der Waals surface area contributed by atoms with Crippen LogP contribution < -0.4 is 15.1 Å². The van der Waals surface area contributed by atoms with Gasteiger partial charge in [0.2, 0.25) is 0 Å². The Morgan fingerprint density at radius 1 is 1.10 bits per heavy atom. The Hall–Kier alpha value is -2.87. The van der Waals surface area contributed by atoms with E-state index in [1.807, 2.05) is 30.3 Å². The summed E-state index contributed by atoms with van der Waals surface area (Å²) in [6.45, 7) is 2.72. The van der Waals surface area contributed by atoms with Crippen LogP contribution >= 0.6 is 11.3 Å². The molecule has 166 valence electrons. The molecule has 0 spiro atoms. The largest absolute Gasteiger partial charge is 0.494 e. The van der Waals surface area contributed by atoms with E-state index in [1.165, 1.54) is 26.4 Å². The fraction of sp³-hybridized carbons (Fsp3) is 0.435. The van der Waals surface area contributed by atoms with Gasteiger partial charge in [-0.15, -0.1) is 11.3 Å². The number of rotatable bonds is 12. The molecule has 0 atom stereocenters.